The van der Waals surface area contributed by atoms with Crippen LogP contribution in [0.4, 0.5) is 0 Å². The summed E-state index contributed by atoms with van der Waals surface area (Å²) in [6.07, 6.45) is 4.49. The Morgan fingerprint density at radius 2 is 2.10 bits per heavy atom. The van der Waals surface area contributed by atoms with Crippen LogP contribution in [-0.4, -0.2) is 27.9 Å². The number of carbonyl (C=O) groups excluding carboxylic acids is 1. The van der Waals surface area contributed by atoms with Gasteiger partial charge in [-0.1, -0.05) is 26.7 Å². The van der Waals surface area contributed by atoms with Crippen molar-refractivity contribution in [3.63, 3.8) is 0 Å². The Morgan fingerprint density at radius 1 is 1.40 bits per heavy atom. The Morgan fingerprint density at radius 3 is 2.75 bits per heavy atom. The highest BCUT2D eigenvalue weighted by molar-refractivity contribution is 5.86. The maximum absolute atomic E-state index is 12.6. The SMILES string of the molecule is CC(C)c1nc2c(o1)CCN(C(=O)C1(N)CCCC1)C2. The van der Waals surface area contributed by atoms with Crippen LogP contribution in [0.5, 0.6) is 0 Å². The first kappa shape index (κ1) is 13.6. The summed E-state index contributed by atoms with van der Waals surface area (Å²) in [7, 11) is 0. The number of nitrogens with zero attached hydrogens (tertiary/aromatic N) is 2. The van der Waals surface area contributed by atoms with Crippen molar-refractivity contribution >= 4 is 5.91 Å². The highest BCUT2D eigenvalue weighted by atomic mass is 16.4. The second-order valence-corrected chi connectivity index (χ2v) is 6.42. The number of rotatable bonds is 2. The van der Waals surface area contributed by atoms with Gasteiger partial charge in [-0.15, -0.1) is 0 Å². The molecule has 1 amide bonds. The molecule has 0 bridgehead atoms. The molecule has 0 radical (unpaired) electrons. The van der Waals surface area contributed by atoms with Gasteiger partial charge in [0, 0.05) is 18.9 Å². The van der Waals surface area contributed by atoms with Crippen molar-refractivity contribution in [1.29, 1.82) is 0 Å². The zero-order valence-electron chi connectivity index (χ0n) is 12.3. The molecule has 0 saturated heterocycles. The average Bonchev–Trinajstić information content (AvgIpc) is 3.03. The molecule has 110 valence electrons. The van der Waals surface area contributed by atoms with Gasteiger partial charge in [0.15, 0.2) is 5.89 Å². The third-order valence-electron chi connectivity index (χ3n) is 4.45. The van der Waals surface area contributed by atoms with E-state index in [9.17, 15) is 4.79 Å². The van der Waals surface area contributed by atoms with E-state index in [1.807, 2.05) is 4.90 Å². The summed E-state index contributed by atoms with van der Waals surface area (Å²) in [6, 6.07) is 0. The summed E-state index contributed by atoms with van der Waals surface area (Å²) in [6.45, 7) is 5.36. The average molecular weight is 277 g/mol. The molecule has 2 aliphatic rings. The van der Waals surface area contributed by atoms with E-state index in [0.29, 0.717) is 13.1 Å². The molecule has 1 saturated carbocycles. The lowest BCUT2D eigenvalue weighted by Crippen LogP contribution is -2.54. The number of carbonyl (C=O) groups is 1. The summed E-state index contributed by atoms with van der Waals surface area (Å²) in [5.41, 5.74) is 6.55. The predicted octanol–water partition coefficient (Wildman–Crippen LogP) is 1.95. The molecule has 1 aliphatic heterocycles. The second kappa shape index (κ2) is 4.88. The fourth-order valence-corrected chi connectivity index (χ4v) is 3.17. The van der Waals surface area contributed by atoms with Gasteiger partial charge < -0.3 is 15.1 Å². The molecule has 1 aromatic rings. The standard InChI is InChI=1S/C15H23N3O2/c1-10(2)13-17-11-9-18(8-5-12(11)20-13)14(19)15(16)6-3-4-7-15/h10H,3-9,16H2,1-2H3. The largest absolute Gasteiger partial charge is 0.445 e. The van der Waals surface area contributed by atoms with E-state index >= 15 is 0 Å². The molecule has 0 unspecified atom stereocenters. The van der Waals surface area contributed by atoms with E-state index in [4.69, 9.17) is 10.2 Å². The lowest BCUT2D eigenvalue weighted by atomic mass is 9.96. The number of aromatic nitrogens is 1. The molecule has 1 aromatic heterocycles. The topological polar surface area (TPSA) is 72.4 Å². The summed E-state index contributed by atoms with van der Waals surface area (Å²) in [5.74, 6) is 2.08. The molecule has 1 fully saturated rings. The summed E-state index contributed by atoms with van der Waals surface area (Å²) >= 11 is 0. The highest BCUT2D eigenvalue weighted by Crippen LogP contribution is 2.31. The van der Waals surface area contributed by atoms with Crippen LogP contribution in [0.3, 0.4) is 0 Å². The predicted molar refractivity (Wildman–Crippen MR) is 75.1 cm³/mol. The lowest BCUT2D eigenvalue weighted by molar-refractivity contribution is -0.137. The summed E-state index contributed by atoms with van der Waals surface area (Å²) in [5, 5.41) is 0. The van der Waals surface area contributed by atoms with Gasteiger partial charge in [0.1, 0.15) is 11.5 Å². The fraction of sp³-hybridized carbons (Fsp3) is 0.733. The summed E-state index contributed by atoms with van der Waals surface area (Å²) in [4.78, 5) is 19.0. The van der Waals surface area contributed by atoms with Gasteiger partial charge in [-0.25, -0.2) is 4.98 Å². The molecular formula is C15H23N3O2. The van der Waals surface area contributed by atoms with Crippen LogP contribution in [0.15, 0.2) is 4.42 Å². The molecule has 2 N–H and O–H groups in total. The van der Waals surface area contributed by atoms with Crippen LogP contribution >= 0.6 is 0 Å². The second-order valence-electron chi connectivity index (χ2n) is 6.42. The zero-order chi connectivity index (χ0) is 14.3. The Kier molecular flexibility index (Phi) is 3.32. The van der Waals surface area contributed by atoms with Crippen LogP contribution in [0, 0.1) is 0 Å². The number of amides is 1. The van der Waals surface area contributed by atoms with Crippen molar-refractivity contribution < 1.29 is 9.21 Å². The van der Waals surface area contributed by atoms with Gasteiger partial charge in [0.2, 0.25) is 5.91 Å². The van der Waals surface area contributed by atoms with Gasteiger partial charge in [0.05, 0.1) is 12.1 Å². The van der Waals surface area contributed by atoms with Crippen molar-refractivity contribution in [2.45, 2.75) is 64.0 Å². The molecule has 1 aliphatic carbocycles. The number of hydrogen-bond acceptors (Lipinski definition) is 4. The summed E-state index contributed by atoms with van der Waals surface area (Å²) < 4.78 is 5.77. The molecule has 0 aromatic carbocycles. The van der Waals surface area contributed by atoms with Crippen molar-refractivity contribution in [3.8, 4) is 0 Å². The van der Waals surface area contributed by atoms with Gasteiger partial charge in [-0.2, -0.15) is 0 Å². The fourth-order valence-electron chi connectivity index (χ4n) is 3.17. The van der Waals surface area contributed by atoms with Gasteiger partial charge in [0.25, 0.3) is 0 Å². The van der Waals surface area contributed by atoms with Crippen LogP contribution in [0.1, 0.15) is 62.8 Å². The highest BCUT2D eigenvalue weighted by Gasteiger charge is 2.41. The molecule has 0 atom stereocenters. The van der Waals surface area contributed by atoms with Crippen LogP contribution < -0.4 is 5.73 Å². The van der Waals surface area contributed by atoms with Crippen molar-refractivity contribution in [1.82, 2.24) is 9.88 Å². The molecule has 5 heteroatoms. The number of fused-ring (bicyclic) bond motifs is 1. The Bertz CT molecular complexity index is 515. The molecule has 2 heterocycles. The van der Waals surface area contributed by atoms with Gasteiger partial charge in [-0.05, 0) is 12.8 Å². The van der Waals surface area contributed by atoms with E-state index in [-0.39, 0.29) is 11.8 Å². The first-order valence-electron chi connectivity index (χ1n) is 7.56. The third kappa shape index (κ3) is 2.24. The molecule has 0 spiro atoms. The first-order valence-corrected chi connectivity index (χ1v) is 7.56. The molecule has 5 nitrogen and oxygen atoms in total. The van der Waals surface area contributed by atoms with Gasteiger partial charge in [-0.3, -0.25) is 4.79 Å². The zero-order valence-corrected chi connectivity index (χ0v) is 12.3. The first-order chi connectivity index (χ1) is 9.49. The Labute approximate surface area is 119 Å². The minimum atomic E-state index is -0.637. The Hall–Kier alpha value is -1.36. The smallest absolute Gasteiger partial charge is 0.243 e. The van der Waals surface area contributed by atoms with Crippen molar-refractivity contribution in [2.24, 2.45) is 5.73 Å². The maximum Gasteiger partial charge on any atom is 0.243 e. The van der Waals surface area contributed by atoms with E-state index < -0.39 is 5.54 Å². The normalized spacial score (nSPS) is 21.3. The number of nitrogens with two attached hydrogens (primary N) is 1. The molecule has 3 rings (SSSR count). The third-order valence-corrected chi connectivity index (χ3v) is 4.45. The van der Waals surface area contributed by atoms with E-state index in [2.05, 4.69) is 18.8 Å². The quantitative estimate of drug-likeness (QED) is 0.897. The van der Waals surface area contributed by atoms with Crippen molar-refractivity contribution in [2.75, 3.05) is 6.54 Å². The Balaban J connectivity index is 1.76. The number of oxazole rings is 1. The number of hydrogen-bond donors (Lipinski definition) is 1. The maximum atomic E-state index is 12.6. The van der Waals surface area contributed by atoms with E-state index in [1.54, 1.807) is 0 Å². The van der Waals surface area contributed by atoms with E-state index in [1.165, 1.54) is 0 Å². The van der Waals surface area contributed by atoms with Crippen LogP contribution in [-0.2, 0) is 17.8 Å². The molecular weight excluding hydrogens is 254 g/mol. The van der Waals surface area contributed by atoms with Crippen LogP contribution in [0.2, 0.25) is 0 Å². The lowest BCUT2D eigenvalue weighted by Gasteiger charge is -2.33. The van der Waals surface area contributed by atoms with E-state index in [0.717, 1.165) is 49.4 Å². The minimum Gasteiger partial charge on any atom is -0.445 e. The van der Waals surface area contributed by atoms with Gasteiger partial charge >= 0.3 is 0 Å². The van der Waals surface area contributed by atoms with Crippen molar-refractivity contribution in [3.05, 3.63) is 17.3 Å². The minimum absolute atomic E-state index is 0.0924. The monoisotopic (exact) mass is 277 g/mol. The van der Waals surface area contributed by atoms with Crippen LogP contribution in [0.25, 0.3) is 0 Å². The molecule has 20 heavy (non-hydrogen) atoms.